The van der Waals surface area contributed by atoms with Crippen LogP contribution in [-0.4, -0.2) is 43.3 Å². The van der Waals surface area contributed by atoms with Crippen molar-refractivity contribution in [2.24, 2.45) is 0 Å². The van der Waals surface area contributed by atoms with Gasteiger partial charge in [0.15, 0.2) is 0 Å². The minimum Gasteiger partial charge on any atom is -0.460 e. The molecule has 4 rings (SSSR count). The van der Waals surface area contributed by atoms with E-state index in [4.69, 9.17) is 9.15 Å². The summed E-state index contributed by atoms with van der Waals surface area (Å²) in [6, 6.07) is 11.1. The van der Waals surface area contributed by atoms with Crippen LogP contribution >= 0.6 is 0 Å². The molecule has 1 atom stereocenters. The lowest BCUT2D eigenvalue weighted by Crippen LogP contribution is -2.47. The lowest BCUT2D eigenvalue weighted by Gasteiger charge is -2.33. The van der Waals surface area contributed by atoms with E-state index in [-0.39, 0.29) is 0 Å². The molecule has 1 saturated carbocycles. The highest BCUT2D eigenvalue weighted by Gasteiger charge is 2.32. The lowest BCUT2D eigenvalue weighted by molar-refractivity contribution is -0.0302. The third kappa shape index (κ3) is 3.12. The van der Waals surface area contributed by atoms with E-state index in [0.29, 0.717) is 6.10 Å². The van der Waals surface area contributed by atoms with Crippen LogP contribution in [0.5, 0.6) is 0 Å². The van der Waals surface area contributed by atoms with E-state index in [1.807, 2.05) is 18.2 Å². The van der Waals surface area contributed by atoms with Crippen LogP contribution in [0, 0.1) is 0 Å². The maximum Gasteiger partial charge on any atom is 0.134 e. The monoisotopic (exact) mass is 286 g/mol. The Morgan fingerprint density at radius 3 is 3.00 bits per heavy atom. The Labute approximate surface area is 125 Å². The average Bonchev–Trinajstić information content (AvgIpc) is 3.28. The molecule has 2 aromatic rings. The van der Waals surface area contributed by atoms with Crippen LogP contribution in [0.15, 0.2) is 34.7 Å². The van der Waals surface area contributed by atoms with Gasteiger partial charge in [-0.2, -0.15) is 0 Å². The van der Waals surface area contributed by atoms with Gasteiger partial charge in [0.1, 0.15) is 11.3 Å². The maximum absolute atomic E-state index is 5.85. The van der Waals surface area contributed by atoms with Crippen molar-refractivity contribution >= 4 is 11.0 Å². The molecule has 2 aliphatic rings. The van der Waals surface area contributed by atoms with Crippen molar-refractivity contribution in [3.8, 4) is 0 Å². The van der Waals surface area contributed by atoms with Crippen LogP contribution in [0.25, 0.3) is 11.0 Å². The Morgan fingerprint density at radius 2 is 2.14 bits per heavy atom. The van der Waals surface area contributed by atoms with Crippen molar-refractivity contribution in [2.45, 2.75) is 31.5 Å². The number of nitrogens with one attached hydrogen (secondary N) is 1. The zero-order chi connectivity index (χ0) is 14.1. The van der Waals surface area contributed by atoms with Crippen molar-refractivity contribution in [1.82, 2.24) is 10.2 Å². The molecule has 2 heterocycles. The predicted octanol–water partition coefficient (Wildman–Crippen LogP) is 2.39. The molecule has 1 unspecified atom stereocenters. The second-order valence-corrected chi connectivity index (χ2v) is 6.10. The van der Waals surface area contributed by atoms with Gasteiger partial charge in [0.05, 0.1) is 19.3 Å². The first-order valence-corrected chi connectivity index (χ1v) is 7.92. The van der Waals surface area contributed by atoms with Crippen molar-refractivity contribution in [3.05, 3.63) is 36.1 Å². The lowest BCUT2D eigenvalue weighted by atomic mass is 10.2. The van der Waals surface area contributed by atoms with Crippen LogP contribution in [0.2, 0.25) is 0 Å². The van der Waals surface area contributed by atoms with Crippen LogP contribution in [-0.2, 0) is 11.3 Å². The van der Waals surface area contributed by atoms with Gasteiger partial charge in [0, 0.05) is 31.1 Å². The standard InChI is InChI=1S/C17H22N2O2/c1-2-4-17-13(3-1)9-15(21-17)10-18-11-16-12-19(7-8-20-16)14-5-6-14/h1-4,9,14,16,18H,5-8,10-12H2. The largest absolute Gasteiger partial charge is 0.460 e. The molecule has 4 heteroatoms. The summed E-state index contributed by atoms with van der Waals surface area (Å²) in [5.41, 5.74) is 0.961. The van der Waals surface area contributed by atoms with Crippen LogP contribution in [0.3, 0.4) is 0 Å². The first kappa shape index (κ1) is 13.3. The highest BCUT2D eigenvalue weighted by Crippen LogP contribution is 2.28. The normalized spacial score (nSPS) is 23.7. The van der Waals surface area contributed by atoms with E-state index in [9.17, 15) is 0 Å². The SMILES string of the molecule is c1ccc2oc(CNCC3CN(C4CC4)CCO3)cc2c1. The van der Waals surface area contributed by atoms with Crippen molar-refractivity contribution < 1.29 is 9.15 Å². The topological polar surface area (TPSA) is 37.6 Å². The number of ether oxygens (including phenoxy) is 1. The molecule has 4 nitrogen and oxygen atoms in total. The summed E-state index contributed by atoms with van der Waals surface area (Å²) >= 11 is 0. The van der Waals surface area contributed by atoms with Gasteiger partial charge in [-0.05, 0) is 25.0 Å². The molecule has 0 amide bonds. The van der Waals surface area contributed by atoms with E-state index in [2.05, 4.69) is 22.3 Å². The fraction of sp³-hybridized carbons (Fsp3) is 0.529. The number of furan rings is 1. The highest BCUT2D eigenvalue weighted by molar-refractivity contribution is 5.77. The highest BCUT2D eigenvalue weighted by atomic mass is 16.5. The van der Waals surface area contributed by atoms with E-state index < -0.39 is 0 Å². The number of nitrogens with zero attached hydrogens (tertiary/aromatic N) is 1. The smallest absolute Gasteiger partial charge is 0.134 e. The number of hydrogen-bond donors (Lipinski definition) is 1. The number of morpholine rings is 1. The third-order valence-corrected chi connectivity index (χ3v) is 4.38. The van der Waals surface area contributed by atoms with Crippen molar-refractivity contribution in [1.29, 1.82) is 0 Å². The molecule has 1 saturated heterocycles. The quantitative estimate of drug-likeness (QED) is 0.916. The third-order valence-electron chi connectivity index (χ3n) is 4.38. The van der Waals surface area contributed by atoms with Gasteiger partial charge in [-0.15, -0.1) is 0 Å². The van der Waals surface area contributed by atoms with Crippen LogP contribution in [0.1, 0.15) is 18.6 Å². The fourth-order valence-corrected chi connectivity index (χ4v) is 3.12. The average molecular weight is 286 g/mol. The van der Waals surface area contributed by atoms with Gasteiger partial charge < -0.3 is 14.5 Å². The van der Waals surface area contributed by atoms with Gasteiger partial charge in [-0.1, -0.05) is 18.2 Å². The zero-order valence-electron chi connectivity index (χ0n) is 12.3. The van der Waals surface area contributed by atoms with E-state index >= 15 is 0 Å². The molecule has 0 spiro atoms. The molecule has 0 radical (unpaired) electrons. The number of rotatable bonds is 5. The summed E-state index contributed by atoms with van der Waals surface area (Å²) in [5.74, 6) is 0.992. The van der Waals surface area contributed by atoms with E-state index in [1.165, 1.54) is 18.2 Å². The minimum atomic E-state index is 0.309. The Hall–Kier alpha value is -1.36. The summed E-state index contributed by atoms with van der Waals surface area (Å²) < 4.78 is 11.7. The molecule has 1 aliphatic carbocycles. The predicted molar refractivity (Wildman–Crippen MR) is 82.3 cm³/mol. The molecule has 2 fully saturated rings. The summed E-state index contributed by atoms with van der Waals surface area (Å²) in [4.78, 5) is 2.58. The Kier molecular flexibility index (Phi) is 3.67. The summed E-state index contributed by atoms with van der Waals surface area (Å²) in [6.45, 7) is 4.69. The molecule has 21 heavy (non-hydrogen) atoms. The molecular formula is C17H22N2O2. The Balaban J connectivity index is 1.28. The molecular weight excluding hydrogens is 264 g/mol. The molecule has 1 N–H and O–H groups in total. The summed E-state index contributed by atoms with van der Waals surface area (Å²) in [7, 11) is 0. The molecule has 1 aromatic heterocycles. The van der Waals surface area contributed by atoms with Crippen LogP contribution in [0.4, 0.5) is 0 Å². The number of hydrogen-bond acceptors (Lipinski definition) is 4. The minimum absolute atomic E-state index is 0.309. The second kappa shape index (κ2) is 5.79. The fourth-order valence-electron chi connectivity index (χ4n) is 3.12. The van der Waals surface area contributed by atoms with Gasteiger partial charge in [0.2, 0.25) is 0 Å². The van der Waals surface area contributed by atoms with Gasteiger partial charge in [-0.3, -0.25) is 4.90 Å². The van der Waals surface area contributed by atoms with Crippen LogP contribution < -0.4 is 5.32 Å². The van der Waals surface area contributed by atoms with Gasteiger partial charge in [0.25, 0.3) is 0 Å². The molecule has 0 bridgehead atoms. The number of fused-ring (bicyclic) bond motifs is 1. The second-order valence-electron chi connectivity index (χ2n) is 6.10. The first-order chi connectivity index (χ1) is 10.4. The van der Waals surface area contributed by atoms with Crippen molar-refractivity contribution in [3.63, 3.8) is 0 Å². The van der Waals surface area contributed by atoms with Gasteiger partial charge in [-0.25, -0.2) is 0 Å². The zero-order valence-corrected chi connectivity index (χ0v) is 12.3. The molecule has 112 valence electrons. The molecule has 1 aliphatic heterocycles. The Morgan fingerprint density at radius 1 is 1.24 bits per heavy atom. The Bertz CT molecular complexity index is 573. The summed E-state index contributed by atoms with van der Waals surface area (Å²) in [6.07, 6.45) is 3.06. The molecule has 1 aromatic carbocycles. The first-order valence-electron chi connectivity index (χ1n) is 7.92. The van der Waals surface area contributed by atoms with Gasteiger partial charge >= 0.3 is 0 Å². The summed E-state index contributed by atoms with van der Waals surface area (Å²) in [5, 5.41) is 4.64. The maximum atomic E-state index is 5.85. The van der Waals surface area contributed by atoms with E-state index in [1.54, 1.807) is 0 Å². The van der Waals surface area contributed by atoms with Crippen molar-refractivity contribution in [2.75, 3.05) is 26.2 Å². The van der Waals surface area contributed by atoms with E-state index in [0.717, 1.165) is 50.2 Å². The number of benzene rings is 1. The number of para-hydroxylation sites is 1.